The molecule has 5 heterocycles. The smallest absolute Gasteiger partial charge is 0.410 e. The van der Waals surface area contributed by atoms with Gasteiger partial charge in [-0.05, 0) is 117 Å². The number of likely N-dealkylation sites (tertiary alicyclic amines) is 2. The molecule has 0 unspecified atom stereocenters. The number of nitrogens with zero attached hydrogens (tertiary/aromatic N) is 6. The molecular formula is C35H50Br4N8O10. The van der Waals surface area contributed by atoms with E-state index in [0.29, 0.717) is 43.8 Å². The Labute approximate surface area is 363 Å². The number of hydrogen-bond acceptors (Lipinski definition) is 12. The number of Topliss-reactive ketones (excluding diaryl/α,β-unsaturated/α-hetero) is 1. The molecule has 4 atom stereocenters. The standard InChI is InChI=1S/C17H23Br2N3O5.C16H20Br2N4O3.C2H4O2.H3N/c1-9-6-21(16(25)27-17(2,3)4)7-10(9)11(23)8-22-12(14(24)26-5)13(18)20-15(22)19;1-8-5-21(15(24)25-16(2,3)4)6-9(8)10-7-22-11(13(23)19-10)12(17)20-14(22)18;1-2(3)4;/h9-10H,6-8H2,1-5H3;7-9H,5-6H2,1-4H3,(H,19,23);1H3,(H,3,4);1H3/t9-,10-;8-,9-;;/m01../s1. The van der Waals surface area contributed by atoms with Crippen LogP contribution in [0.2, 0.25) is 0 Å². The van der Waals surface area contributed by atoms with E-state index in [0.717, 1.165) is 12.6 Å². The molecule has 0 spiro atoms. The molecule has 0 aromatic carbocycles. The fraction of sp³-hybridized carbons (Fsp3) is 0.600. The van der Waals surface area contributed by atoms with Gasteiger partial charge in [-0.1, -0.05) is 13.8 Å². The van der Waals surface area contributed by atoms with Gasteiger partial charge in [-0.15, -0.1) is 0 Å². The number of rotatable bonds is 5. The average Bonchev–Trinajstić information content (AvgIpc) is 3.78. The first-order valence-electron chi connectivity index (χ1n) is 17.4. The second-order valence-corrected chi connectivity index (χ2v) is 18.4. The molecule has 2 amide bonds. The number of aliphatic carboxylic acids is 1. The summed E-state index contributed by atoms with van der Waals surface area (Å²) in [6.45, 7) is 17.8. The number of H-pyrrole nitrogens is 1. The van der Waals surface area contributed by atoms with Crippen LogP contribution in [0.3, 0.4) is 0 Å². The van der Waals surface area contributed by atoms with Gasteiger partial charge in [-0.3, -0.25) is 18.8 Å². The van der Waals surface area contributed by atoms with Crippen molar-refractivity contribution in [1.29, 1.82) is 0 Å². The third kappa shape index (κ3) is 13.3. The molecule has 2 fully saturated rings. The van der Waals surface area contributed by atoms with Crippen LogP contribution in [-0.4, -0.2) is 113 Å². The minimum Gasteiger partial charge on any atom is -0.481 e. The van der Waals surface area contributed by atoms with Crippen molar-refractivity contribution in [1.82, 2.24) is 39.9 Å². The summed E-state index contributed by atoms with van der Waals surface area (Å²) in [6, 6.07) is 0. The number of ketones is 1. The second-order valence-electron chi connectivity index (χ2n) is 15.5. The normalized spacial score (nSPS) is 19.1. The summed E-state index contributed by atoms with van der Waals surface area (Å²) in [5, 5.41) is 7.42. The molecule has 18 nitrogen and oxygen atoms in total. The Morgan fingerprint density at radius 3 is 1.84 bits per heavy atom. The number of imidazole rings is 2. The van der Waals surface area contributed by atoms with E-state index >= 15 is 0 Å². The number of amides is 2. The molecule has 2 aliphatic heterocycles. The maximum absolute atomic E-state index is 12.9. The van der Waals surface area contributed by atoms with Gasteiger partial charge in [0.15, 0.2) is 20.9 Å². The molecule has 0 bridgehead atoms. The van der Waals surface area contributed by atoms with Gasteiger partial charge < -0.3 is 44.8 Å². The number of ether oxygens (including phenoxy) is 3. The van der Waals surface area contributed by atoms with Crippen molar-refractivity contribution in [2.75, 3.05) is 33.3 Å². The summed E-state index contributed by atoms with van der Waals surface area (Å²) < 4.78 is 20.5. The molecule has 3 aromatic heterocycles. The third-order valence-corrected chi connectivity index (χ3v) is 10.7. The molecule has 318 valence electrons. The second kappa shape index (κ2) is 20.1. The number of carboxylic acid groups (broad SMARTS) is 1. The van der Waals surface area contributed by atoms with Gasteiger partial charge in [0.25, 0.3) is 11.5 Å². The van der Waals surface area contributed by atoms with E-state index in [1.165, 1.54) is 11.7 Å². The molecule has 0 saturated carbocycles. The van der Waals surface area contributed by atoms with Crippen LogP contribution in [-0.2, 0) is 30.3 Å². The Bertz CT molecular complexity index is 2020. The number of aromatic amines is 1. The van der Waals surface area contributed by atoms with Crippen LogP contribution >= 0.6 is 63.7 Å². The fourth-order valence-corrected chi connectivity index (χ4v) is 8.56. The predicted octanol–water partition coefficient (Wildman–Crippen LogP) is 7.04. The Morgan fingerprint density at radius 1 is 0.842 bits per heavy atom. The highest BCUT2D eigenvalue weighted by molar-refractivity contribution is 9.11. The first-order chi connectivity index (χ1) is 25.7. The molecule has 5 rings (SSSR count). The average molecular weight is 1060 g/mol. The van der Waals surface area contributed by atoms with Gasteiger partial charge in [0.2, 0.25) is 0 Å². The monoisotopic (exact) mass is 1060 g/mol. The van der Waals surface area contributed by atoms with Crippen molar-refractivity contribution in [3.63, 3.8) is 0 Å². The maximum atomic E-state index is 12.9. The van der Waals surface area contributed by atoms with Crippen LogP contribution in [0.15, 0.2) is 29.7 Å². The first kappa shape index (κ1) is 49.8. The Kier molecular flexibility index (Phi) is 17.5. The molecule has 22 heteroatoms. The quantitative estimate of drug-likeness (QED) is 0.172. The molecule has 2 saturated heterocycles. The summed E-state index contributed by atoms with van der Waals surface area (Å²) in [7, 11) is 1.26. The number of carbonyl (C=O) groups excluding carboxylic acids is 4. The van der Waals surface area contributed by atoms with Gasteiger partial charge in [0.05, 0.1) is 13.7 Å². The van der Waals surface area contributed by atoms with Crippen LogP contribution in [0.1, 0.15) is 84.4 Å². The van der Waals surface area contributed by atoms with E-state index in [9.17, 15) is 24.0 Å². The highest BCUT2D eigenvalue weighted by atomic mass is 79.9. The van der Waals surface area contributed by atoms with Crippen LogP contribution in [0.5, 0.6) is 0 Å². The van der Waals surface area contributed by atoms with E-state index < -0.39 is 29.2 Å². The van der Waals surface area contributed by atoms with Crippen molar-refractivity contribution in [2.24, 2.45) is 17.8 Å². The SMILES string of the molecule is CC(=O)O.COC(=O)c1c(Br)nc(Br)n1CC(=O)[C@H]1CN(C(=O)OC(C)(C)C)C[C@@H]1C.C[C@@H]1CN(C(=O)OC(C)(C)C)C[C@H]1c1cn2c(Br)nc(Br)c2c(=O)[nH]1.N. The number of nitrogens with one attached hydrogen (secondary N) is 1. The number of fused-ring (bicyclic) bond motifs is 1. The summed E-state index contributed by atoms with van der Waals surface area (Å²) >= 11 is 13.1. The number of halogens is 4. The van der Waals surface area contributed by atoms with Crippen molar-refractivity contribution >= 4 is 99.1 Å². The summed E-state index contributed by atoms with van der Waals surface area (Å²) in [6.07, 6.45) is 1.11. The number of carbonyl (C=O) groups is 5. The molecule has 2 aliphatic rings. The van der Waals surface area contributed by atoms with Crippen molar-refractivity contribution in [2.45, 2.75) is 86.0 Å². The summed E-state index contributed by atoms with van der Waals surface area (Å²) in [5.41, 5.74) is 0.0514. The Balaban J connectivity index is 0.000000355. The Morgan fingerprint density at radius 2 is 1.33 bits per heavy atom. The van der Waals surface area contributed by atoms with Crippen molar-refractivity contribution in [3.05, 3.63) is 46.6 Å². The number of esters is 1. The minimum absolute atomic E-state index is 0. The minimum atomic E-state index is -0.833. The Hall–Kier alpha value is -3.34. The third-order valence-electron chi connectivity index (χ3n) is 8.48. The first-order valence-corrected chi connectivity index (χ1v) is 20.6. The fourth-order valence-electron chi connectivity index (χ4n) is 6.07. The van der Waals surface area contributed by atoms with Crippen LogP contribution in [0.25, 0.3) is 5.52 Å². The number of methoxy groups -OCH3 is 1. The van der Waals surface area contributed by atoms with E-state index in [-0.39, 0.29) is 66.0 Å². The zero-order chi connectivity index (χ0) is 42.6. The maximum Gasteiger partial charge on any atom is 0.410 e. The molecular weight excluding hydrogens is 1010 g/mol. The van der Waals surface area contributed by atoms with Gasteiger partial charge in [-0.25, -0.2) is 24.4 Å². The largest absolute Gasteiger partial charge is 0.481 e. The van der Waals surface area contributed by atoms with Gasteiger partial charge >= 0.3 is 18.2 Å². The number of carboxylic acids is 1. The summed E-state index contributed by atoms with van der Waals surface area (Å²) in [5.74, 6) is -1.66. The van der Waals surface area contributed by atoms with E-state index in [4.69, 9.17) is 24.1 Å². The van der Waals surface area contributed by atoms with Gasteiger partial charge in [0.1, 0.15) is 25.9 Å². The van der Waals surface area contributed by atoms with Crippen molar-refractivity contribution in [3.8, 4) is 0 Å². The predicted molar refractivity (Wildman–Crippen MR) is 224 cm³/mol. The lowest BCUT2D eigenvalue weighted by Gasteiger charge is -2.24. The lowest BCUT2D eigenvalue weighted by molar-refractivity contribution is -0.134. The highest BCUT2D eigenvalue weighted by Crippen LogP contribution is 2.33. The van der Waals surface area contributed by atoms with Gasteiger partial charge in [0, 0.05) is 56.8 Å². The zero-order valence-electron chi connectivity index (χ0n) is 33.4. The summed E-state index contributed by atoms with van der Waals surface area (Å²) in [4.78, 5) is 85.4. The lowest BCUT2D eigenvalue weighted by atomic mass is 9.93. The van der Waals surface area contributed by atoms with Crippen LogP contribution in [0, 0.1) is 17.8 Å². The van der Waals surface area contributed by atoms with E-state index in [1.54, 1.807) is 35.0 Å². The lowest BCUT2D eigenvalue weighted by Crippen LogP contribution is -2.36. The highest BCUT2D eigenvalue weighted by Gasteiger charge is 2.40. The van der Waals surface area contributed by atoms with E-state index in [2.05, 4.69) is 85.6 Å². The molecule has 5 N–H and O–H groups in total. The van der Waals surface area contributed by atoms with Crippen molar-refractivity contribution < 1.29 is 43.3 Å². The number of hydrogen-bond donors (Lipinski definition) is 3. The van der Waals surface area contributed by atoms with Gasteiger partial charge in [-0.2, -0.15) is 0 Å². The number of aromatic nitrogens is 5. The molecule has 3 aromatic rings. The van der Waals surface area contributed by atoms with E-state index in [1.807, 2.05) is 33.9 Å². The topological polar surface area (TPSA) is 243 Å². The van der Waals surface area contributed by atoms with Crippen LogP contribution in [0.4, 0.5) is 9.59 Å². The molecule has 57 heavy (non-hydrogen) atoms. The van der Waals surface area contributed by atoms with Crippen LogP contribution < -0.4 is 11.7 Å². The zero-order valence-corrected chi connectivity index (χ0v) is 39.8. The molecule has 0 aliphatic carbocycles. The molecule has 0 radical (unpaired) electrons.